The number of nitrogens with one attached hydrogen (secondary N) is 1. The fourth-order valence-corrected chi connectivity index (χ4v) is 1.30. The van der Waals surface area contributed by atoms with Crippen LogP contribution in [0.1, 0.15) is 6.92 Å². The molecular weight excluding hydrogens is 232 g/mol. The molecule has 0 aliphatic carbocycles. The molecule has 1 aromatic heterocycles. The smallest absolute Gasteiger partial charge is 0.322 e. The van der Waals surface area contributed by atoms with E-state index in [-0.39, 0.29) is 0 Å². The zero-order valence-corrected chi connectivity index (χ0v) is 11.8. The number of hydrogen-bond acceptors (Lipinski definition) is 7. The minimum Gasteiger partial charge on any atom is -0.467 e. The van der Waals surface area contributed by atoms with Gasteiger partial charge >= 0.3 is 6.01 Å². The van der Waals surface area contributed by atoms with Gasteiger partial charge in [-0.25, -0.2) is 0 Å². The lowest BCUT2D eigenvalue weighted by molar-refractivity contribution is 0.378. The zero-order valence-electron chi connectivity index (χ0n) is 11.8. The van der Waals surface area contributed by atoms with Gasteiger partial charge in [-0.15, -0.1) is 0 Å². The molecule has 102 valence electrons. The molecule has 0 unspecified atom stereocenters. The van der Waals surface area contributed by atoms with E-state index < -0.39 is 0 Å². The van der Waals surface area contributed by atoms with Crippen LogP contribution < -0.4 is 15.0 Å². The first-order chi connectivity index (χ1) is 8.56. The van der Waals surface area contributed by atoms with Crippen LogP contribution in [0.3, 0.4) is 0 Å². The Morgan fingerprint density at radius 2 is 1.83 bits per heavy atom. The van der Waals surface area contributed by atoms with Gasteiger partial charge in [0.15, 0.2) is 0 Å². The number of ether oxygens (including phenoxy) is 1. The maximum absolute atomic E-state index is 5.08. The second-order valence-electron chi connectivity index (χ2n) is 4.20. The van der Waals surface area contributed by atoms with Gasteiger partial charge in [0.25, 0.3) is 0 Å². The largest absolute Gasteiger partial charge is 0.467 e. The zero-order chi connectivity index (χ0) is 13.5. The Balaban J connectivity index is 2.82. The summed E-state index contributed by atoms with van der Waals surface area (Å²) in [5, 5.41) is 3.06. The monoisotopic (exact) mass is 254 g/mol. The van der Waals surface area contributed by atoms with Crippen LogP contribution in [-0.2, 0) is 0 Å². The van der Waals surface area contributed by atoms with Gasteiger partial charge in [-0.05, 0) is 21.0 Å². The second-order valence-corrected chi connectivity index (χ2v) is 4.20. The number of methoxy groups -OCH3 is 1. The van der Waals surface area contributed by atoms with Crippen LogP contribution in [0.15, 0.2) is 0 Å². The molecule has 7 heteroatoms. The van der Waals surface area contributed by atoms with Crippen molar-refractivity contribution in [3.63, 3.8) is 0 Å². The summed E-state index contributed by atoms with van der Waals surface area (Å²) >= 11 is 0. The van der Waals surface area contributed by atoms with Gasteiger partial charge in [0, 0.05) is 26.7 Å². The fourth-order valence-electron chi connectivity index (χ4n) is 1.30. The predicted molar refractivity (Wildman–Crippen MR) is 72.4 cm³/mol. The molecule has 1 heterocycles. The van der Waals surface area contributed by atoms with Gasteiger partial charge in [-0.1, -0.05) is 0 Å². The standard InChI is InChI=1S/C11H22N6O/c1-6-12-9-13-10(15-11(14-9)18-5)17(4)8-7-16(2)3/h6-8H2,1-5H3,(H,12,13,14,15). The molecule has 0 bridgehead atoms. The summed E-state index contributed by atoms with van der Waals surface area (Å²) in [7, 11) is 7.57. The number of likely N-dealkylation sites (N-methyl/N-ethyl adjacent to an activating group) is 2. The minimum atomic E-state index is 0.327. The molecule has 0 atom stereocenters. The maximum atomic E-state index is 5.08. The molecule has 7 nitrogen and oxygen atoms in total. The number of aromatic nitrogens is 3. The molecule has 1 aromatic rings. The van der Waals surface area contributed by atoms with E-state index in [2.05, 4.69) is 25.2 Å². The summed E-state index contributed by atoms with van der Waals surface area (Å²) in [5.41, 5.74) is 0. The van der Waals surface area contributed by atoms with Crippen LogP contribution in [0.2, 0.25) is 0 Å². The van der Waals surface area contributed by atoms with Crippen LogP contribution in [0.4, 0.5) is 11.9 Å². The number of rotatable bonds is 7. The lowest BCUT2D eigenvalue weighted by Gasteiger charge is -2.20. The van der Waals surface area contributed by atoms with Crippen molar-refractivity contribution in [1.29, 1.82) is 0 Å². The predicted octanol–water partition coefficient (Wildman–Crippen LogP) is 0.310. The Bertz CT molecular complexity index is 371. The summed E-state index contributed by atoms with van der Waals surface area (Å²) in [6, 6.07) is 0.327. The molecule has 1 rings (SSSR count). The van der Waals surface area contributed by atoms with Crippen LogP contribution >= 0.6 is 0 Å². The molecule has 0 amide bonds. The third kappa shape index (κ3) is 4.33. The molecule has 18 heavy (non-hydrogen) atoms. The third-order valence-electron chi connectivity index (χ3n) is 2.34. The summed E-state index contributed by atoms with van der Waals surface area (Å²) in [6.45, 7) is 4.52. The number of hydrogen-bond donors (Lipinski definition) is 1. The molecule has 0 spiro atoms. The quantitative estimate of drug-likeness (QED) is 0.751. The van der Waals surface area contributed by atoms with E-state index in [0.29, 0.717) is 17.9 Å². The van der Waals surface area contributed by atoms with Crippen molar-refractivity contribution in [2.45, 2.75) is 6.92 Å². The summed E-state index contributed by atoms with van der Waals surface area (Å²) in [6.07, 6.45) is 0. The van der Waals surface area contributed by atoms with Crippen LogP contribution in [0, 0.1) is 0 Å². The Labute approximate surface area is 108 Å². The van der Waals surface area contributed by atoms with E-state index in [9.17, 15) is 0 Å². The topological polar surface area (TPSA) is 66.4 Å². The first-order valence-corrected chi connectivity index (χ1v) is 5.96. The molecule has 0 aromatic carbocycles. The van der Waals surface area contributed by atoms with Crippen molar-refractivity contribution in [3.05, 3.63) is 0 Å². The molecule has 0 fully saturated rings. The van der Waals surface area contributed by atoms with E-state index in [1.165, 1.54) is 0 Å². The molecule has 0 aliphatic rings. The third-order valence-corrected chi connectivity index (χ3v) is 2.34. The lowest BCUT2D eigenvalue weighted by atomic mass is 10.5. The van der Waals surface area contributed by atoms with Gasteiger partial charge < -0.3 is 19.9 Å². The van der Waals surface area contributed by atoms with Crippen molar-refractivity contribution in [3.8, 4) is 6.01 Å². The van der Waals surface area contributed by atoms with Crippen molar-refractivity contribution in [2.75, 3.05) is 58.1 Å². The van der Waals surface area contributed by atoms with Gasteiger partial charge in [0.05, 0.1) is 7.11 Å². The molecule has 0 radical (unpaired) electrons. The van der Waals surface area contributed by atoms with Crippen LogP contribution in [-0.4, -0.2) is 67.7 Å². The normalized spacial score (nSPS) is 10.6. The second kappa shape index (κ2) is 6.95. The Morgan fingerprint density at radius 3 is 2.39 bits per heavy atom. The van der Waals surface area contributed by atoms with Crippen molar-refractivity contribution >= 4 is 11.9 Å². The summed E-state index contributed by atoms with van der Waals surface area (Å²) < 4.78 is 5.08. The van der Waals surface area contributed by atoms with Gasteiger partial charge in [-0.3, -0.25) is 0 Å². The highest BCUT2D eigenvalue weighted by molar-refractivity contribution is 5.37. The highest BCUT2D eigenvalue weighted by atomic mass is 16.5. The lowest BCUT2D eigenvalue weighted by Crippen LogP contribution is -2.30. The fraction of sp³-hybridized carbons (Fsp3) is 0.727. The Hall–Kier alpha value is -1.63. The molecule has 1 N–H and O–H groups in total. The van der Waals surface area contributed by atoms with Gasteiger partial charge in [0.2, 0.25) is 11.9 Å². The van der Waals surface area contributed by atoms with Gasteiger partial charge in [0.1, 0.15) is 0 Å². The number of anilines is 2. The van der Waals surface area contributed by atoms with Crippen LogP contribution in [0.25, 0.3) is 0 Å². The van der Waals surface area contributed by atoms with Crippen molar-refractivity contribution < 1.29 is 4.74 Å². The van der Waals surface area contributed by atoms with E-state index in [4.69, 9.17) is 4.74 Å². The maximum Gasteiger partial charge on any atom is 0.322 e. The highest BCUT2D eigenvalue weighted by Gasteiger charge is 2.10. The first-order valence-electron chi connectivity index (χ1n) is 5.96. The summed E-state index contributed by atoms with van der Waals surface area (Å²) in [5.74, 6) is 1.15. The SMILES string of the molecule is CCNc1nc(OC)nc(N(C)CCN(C)C)n1. The minimum absolute atomic E-state index is 0.327. The van der Waals surface area contributed by atoms with E-state index in [0.717, 1.165) is 19.6 Å². The van der Waals surface area contributed by atoms with E-state index >= 15 is 0 Å². The average Bonchev–Trinajstić information content (AvgIpc) is 2.35. The molecule has 0 saturated carbocycles. The van der Waals surface area contributed by atoms with Crippen LogP contribution in [0.5, 0.6) is 6.01 Å². The summed E-state index contributed by atoms with van der Waals surface area (Å²) in [4.78, 5) is 16.8. The average molecular weight is 254 g/mol. The van der Waals surface area contributed by atoms with E-state index in [1.54, 1.807) is 7.11 Å². The number of nitrogens with zero attached hydrogens (tertiary/aromatic N) is 5. The Morgan fingerprint density at radius 1 is 1.11 bits per heavy atom. The Kier molecular flexibility index (Phi) is 5.57. The molecule has 0 aliphatic heterocycles. The molecule has 0 saturated heterocycles. The van der Waals surface area contributed by atoms with Gasteiger partial charge in [-0.2, -0.15) is 15.0 Å². The van der Waals surface area contributed by atoms with Crippen molar-refractivity contribution in [2.24, 2.45) is 0 Å². The first kappa shape index (κ1) is 14.4. The van der Waals surface area contributed by atoms with Crippen molar-refractivity contribution in [1.82, 2.24) is 19.9 Å². The molecular formula is C11H22N6O. The van der Waals surface area contributed by atoms with E-state index in [1.807, 2.05) is 33.0 Å². The highest BCUT2D eigenvalue weighted by Crippen LogP contribution is 2.13.